The van der Waals surface area contributed by atoms with Crippen LogP contribution in [0.1, 0.15) is 33.2 Å². The lowest BCUT2D eigenvalue weighted by atomic mass is 10.1. The Morgan fingerprint density at radius 3 is 1.93 bits per heavy atom. The molecule has 0 saturated heterocycles. The molecular formula is C22H20N2O3. The quantitative estimate of drug-likeness (QED) is 0.514. The molecular weight excluding hydrogens is 340 g/mol. The molecule has 0 heterocycles. The van der Waals surface area contributed by atoms with E-state index in [0.717, 1.165) is 16.9 Å². The molecule has 0 saturated carbocycles. The summed E-state index contributed by atoms with van der Waals surface area (Å²) in [5.74, 6) is -1.03. The highest BCUT2D eigenvalue weighted by molar-refractivity contribution is 6.01. The Bertz CT molecular complexity index is 1010. The van der Waals surface area contributed by atoms with Crippen molar-refractivity contribution in [1.82, 2.24) is 0 Å². The zero-order chi connectivity index (χ0) is 19.4. The van der Waals surface area contributed by atoms with Crippen molar-refractivity contribution in [3.63, 3.8) is 0 Å². The van der Waals surface area contributed by atoms with Gasteiger partial charge < -0.3 is 15.7 Å². The van der Waals surface area contributed by atoms with Gasteiger partial charge in [0.1, 0.15) is 0 Å². The highest BCUT2D eigenvalue weighted by atomic mass is 16.4. The predicted molar refractivity (Wildman–Crippen MR) is 108 cm³/mol. The van der Waals surface area contributed by atoms with Crippen LogP contribution in [-0.2, 0) is 0 Å². The molecule has 0 amide bonds. The first-order chi connectivity index (χ1) is 13.0. The molecule has 3 rings (SSSR count). The topological polar surface area (TPSA) is 78.4 Å². The van der Waals surface area contributed by atoms with Crippen molar-refractivity contribution in [3.8, 4) is 0 Å². The minimum Gasteiger partial charge on any atom is -0.478 e. The average molecular weight is 360 g/mol. The number of anilines is 4. The summed E-state index contributed by atoms with van der Waals surface area (Å²) in [6, 6.07) is 19.8. The molecule has 27 heavy (non-hydrogen) atoms. The largest absolute Gasteiger partial charge is 0.478 e. The molecule has 0 fully saturated rings. The first-order valence-electron chi connectivity index (χ1n) is 8.53. The van der Waals surface area contributed by atoms with Crippen molar-refractivity contribution in [2.45, 2.75) is 13.8 Å². The summed E-state index contributed by atoms with van der Waals surface area (Å²) in [6.45, 7) is 3.48. The number of aromatic carboxylic acids is 1. The van der Waals surface area contributed by atoms with E-state index in [9.17, 15) is 14.7 Å². The molecule has 0 spiro atoms. The van der Waals surface area contributed by atoms with E-state index in [2.05, 4.69) is 10.6 Å². The summed E-state index contributed by atoms with van der Waals surface area (Å²) in [6.07, 6.45) is 0. The molecule has 0 radical (unpaired) electrons. The van der Waals surface area contributed by atoms with Crippen LogP contribution in [0.5, 0.6) is 0 Å². The fraction of sp³-hybridized carbons (Fsp3) is 0.0909. The van der Waals surface area contributed by atoms with Gasteiger partial charge >= 0.3 is 5.97 Å². The van der Waals surface area contributed by atoms with Crippen molar-refractivity contribution >= 4 is 34.5 Å². The van der Waals surface area contributed by atoms with Crippen molar-refractivity contribution in [3.05, 3.63) is 83.4 Å². The van der Waals surface area contributed by atoms with Crippen LogP contribution in [0, 0.1) is 6.92 Å². The molecule has 3 N–H and O–H groups in total. The van der Waals surface area contributed by atoms with Crippen LogP contribution in [0.3, 0.4) is 0 Å². The standard InChI is InChI=1S/C22H20N2O3/c1-14-8-7-13-20(23-19-12-6-4-10-17(19)22(26)27)21(14)24-18-11-5-3-9-16(18)15(2)25/h3-13,23-24H,1-2H3,(H,26,27). The van der Waals surface area contributed by atoms with Crippen LogP contribution >= 0.6 is 0 Å². The van der Waals surface area contributed by atoms with Gasteiger partial charge in [0.2, 0.25) is 0 Å². The molecule has 0 aliphatic rings. The van der Waals surface area contributed by atoms with E-state index in [1.807, 2.05) is 43.3 Å². The van der Waals surface area contributed by atoms with Gasteiger partial charge in [-0.05, 0) is 49.7 Å². The van der Waals surface area contributed by atoms with Gasteiger partial charge in [0.05, 0.1) is 22.6 Å². The lowest BCUT2D eigenvalue weighted by molar-refractivity contribution is 0.0697. The average Bonchev–Trinajstić information content (AvgIpc) is 2.65. The van der Waals surface area contributed by atoms with Crippen LogP contribution in [0.2, 0.25) is 0 Å². The lowest BCUT2D eigenvalue weighted by Gasteiger charge is -2.18. The summed E-state index contributed by atoms with van der Waals surface area (Å²) in [5.41, 5.74) is 4.46. The maximum absolute atomic E-state index is 11.9. The van der Waals surface area contributed by atoms with E-state index >= 15 is 0 Å². The number of aryl methyl sites for hydroxylation is 1. The highest BCUT2D eigenvalue weighted by Gasteiger charge is 2.14. The van der Waals surface area contributed by atoms with Gasteiger partial charge in [0.15, 0.2) is 5.78 Å². The summed E-state index contributed by atoms with van der Waals surface area (Å²) in [4.78, 5) is 23.4. The molecule has 3 aromatic carbocycles. The Hall–Kier alpha value is -3.60. The van der Waals surface area contributed by atoms with Crippen LogP contribution in [-0.4, -0.2) is 16.9 Å². The predicted octanol–water partition coefficient (Wildman–Crippen LogP) is 5.38. The third-order valence-electron chi connectivity index (χ3n) is 4.27. The molecule has 0 aliphatic carbocycles. The van der Waals surface area contributed by atoms with Crippen LogP contribution < -0.4 is 10.6 Å². The fourth-order valence-electron chi connectivity index (χ4n) is 2.90. The number of carboxylic acid groups (broad SMARTS) is 1. The van der Waals surface area contributed by atoms with Crippen molar-refractivity contribution in [1.29, 1.82) is 0 Å². The number of nitrogens with one attached hydrogen (secondary N) is 2. The molecule has 0 atom stereocenters. The number of ketones is 1. The normalized spacial score (nSPS) is 10.3. The number of rotatable bonds is 6. The Morgan fingerprint density at radius 2 is 1.30 bits per heavy atom. The SMILES string of the molecule is CC(=O)c1ccccc1Nc1c(C)cccc1Nc1ccccc1C(=O)O. The van der Waals surface area contributed by atoms with Crippen LogP contribution in [0.25, 0.3) is 0 Å². The third kappa shape index (κ3) is 3.98. The monoisotopic (exact) mass is 360 g/mol. The lowest BCUT2D eigenvalue weighted by Crippen LogP contribution is -2.06. The molecule has 5 heteroatoms. The first kappa shape index (κ1) is 18.2. The number of benzene rings is 3. The Morgan fingerprint density at radius 1 is 0.741 bits per heavy atom. The third-order valence-corrected chi connectivity index (χ3v) is 4.27. The van der Waals surface area contributed by atoms with Gasteiger partial charge in [-0.25, -0.2) is 4.79 Å². The molecule has 0 unspecified atom stereocenters. The van der Waals surface area contributed by atoms with Crippen molar-refractivity contribution in [2.75, 3.05) is 10.6 Å². The smallest absolute Gasteiger partial charge is 0.337 e. The number of Topliss-reactive ketones (excluding diaryl/α,β-unsaturated/α-hetero) is 1. The summed E-state index contributed by atoms with van der Waals surface area (Å²) in [5, 5.41) is 15.9. The molecule has 0 bridgehead atoms. The van der Waals surface area contributed by atoms with Crippen LogP contribution in [0.15, 0.2) is 66.7 Å². The molecule has 0 aliphatic heterocycles. The number of carbonyl (C=O) groups excluding carboxylic acids is 1. The number of hydrogen-bond acceptors (Lipinski definition) is 4. The maximum Gasteiger partial charge on any atom is 0.337 e. The number of carbonyl (C=O) groups is 2. The zero-order valence-electron chi connectivity index (χ0n) is 15.1. The maximum atomic E-state index is 11.9. The van der Waals surface area contributed by atoms with Gasteiger partial charge in [-0.2, -0.15) is 0 Å². The molecule has 0 aromatic heterocycles. The van der Waals surface area contributed by atoms with E-state index in [1.54, 1.807) is 30.3 Å². The zero-order valence-corrected chi connectivity index (χ0v) is 15.1. The Labute approximate surface area is 157 Å². The van der Waals surface area contributed by atoms with Gasteiger partial charge in [0, 0.05) is 11.3 Å². The Balaban J connectivity index is 2.02. The van der Waals surface area contributed by atoms with Gasteiger partial charge in [0.25, 0.3) is 0 Å². The van der Waals surface area contributed by atoms with Gasteiger partial charge in [-0.3, -0.25) is 4.79 Å². The number of hydrogen-bond donors (Lipinski definition) is 3. The number of carboxylic acids is 1. The minimum absolute atomic E-state index is 0.0302. The van der Waals surface area contributed by atoms with Gasteiger partial charge in [-0.1, -0.05) is 36.4 Å². The fourth-order valence-corrected chi connectivity index (χ4v) is 2.90. The summed E-state index contributed by atoms with van der Waals surface area (Å²) in [7, 11) is 0. The van der Waals surface area contributed by atoms with Gasteiger partial charge in [-0.15, -0.1) is 0 Å². The van der Waals surface area contributed by atoms with E-state index in [4.69, 9.17) is 0 Å². The highest BCUT2D eigenvalue weighted by Crippen LogP contribution is 2.33. The first-order valence-corrected chi connectivity index (χ1v) is 8.53. The second-order valence-electron chi connectivity index (χ2n) is 6.20. The molecule has 5 nitrogen and oxygen atoms in total. The van der Waals surface area contributed by atoms with E-state index in [-0.39, 0.29) is 11.3 Å². The number of para-hydroxylation sites is 3. The molecule has 3 aromatic rings. The minimum atomic E-state index is -0.998. The Kier molecular flexibility index (Phi) is 5.22. The summed E-state index contributed by atoms with van der Waals surface area (Å²) < 4.78 is 0. The summed E-state index contributed by atoms with van der Waals surface area (Å²) >= 11 is 0. The van der Waals surface area contributed by atoms with E-state index in [1.165, 1.54) is 6.92 Å². The second-order valence-corrected chi connectivity index (χ2v) is 6.20. The van der Waals surface area contributed by atoms with Crippen LogP contribution in [0.4, 0.5) is 22.7 Å². The van der Waals surface area contributed by atoms with E-state index in [0.29, 0.717) is 16.9 Å². The van der Waals surface area contributed by atoms with E-state index < -0.39 is 5.97 Å². The van der Waals surface area contributed by atoms with Crippen molar-refractivity contribution in [2.24, 2.45) is 0 Å². The second kappa shape index (κ2) is 7.74. The van der Waals surface area contributed by atoms with Crippen molar-refractivity contribution < 1.29 is 14.7 Å². The molecule has 136 valence electrons.